The number of aliphatic carboxylic acids is 1. The number of nitrogens with one attached hydrogen (secondary N) is 1. The van der Waals surface area contributed by atoms with Crippen LogP contribution in [-0.4, -0.2) is 17.0 Å². The van der Waals surface area contributed by atoms with Crippen molar-refractivity contribution in [1.29, 1.82) is 0 Å². The first kappa shape index (κ1) is 28.4. The van der Waals surface area contributed by atoms with Gasteiger partial charge in [-0.1, -0.05) is 66.7 Å². The lowest BCUT2D eigenvalue weighted by Crippen LogP contribution is -2.30. The number of amides is 1. The molecule has 4 aromatic rings. The monoisotopic (exact) mass is 557 g/mol. The summed E-state index contributed by atoms with van der Waals surface area (Å²) in [6, 6.07) is 21.8. The van der Waals surface area contributed by atoms with E-state index in [0.29, 0.717) is 17.7 Å². The molecule has 0 fully saturated rings. The number of carbonyl (C=O) groups is 2. The third-order valence-corrected chi connectivity index (χ3v) is 6.17. The predicted molar refractivity (Wildman–Crippen MR) is 136 cm³/mol. The number of benzene rings is 4. The summed E-state index contributed by atoms with van der Waals surface area (Å²) in [6.45, 7) is 0. The van der Waals surface area contributed by atoms with E-state index >= 15 is 0 Å². The molecule has 0 aliphatic heterocycles. The fourth-order valence-corrected chi connectivity index (χ4v) is 4.14. The van der Waals surface area contributed by atoms with Crippen LogP contribution in [0.2, 0.25) is 0 Å². The van der Waals surface area contributed by atoms with Gasteiger partial charge in [-0.3, -0.25) is 9.59 Å². The molecule has 10 heteroatoms. The van der Waals surface area contributed by atoms with E-state index in [1.54, 1.807) is 24.3 Å². The molecule has 0 aliphatic rings. The smallest absolute Gasteiger partial charge is 0.416 e. The number of carboxylic acid groups (broad SMARTS) is 1. The second-order valence-electron chi connectivity index (χ2n) is 8.98. The van der Waals surface area contributed by atoms with Gasteiger partial charge < -0.3 is 10.4 Å². The summed E-state index contributed by atoms with van der Waals surface area (Å²) in [5, 5.41) is 12.0. The van der Waals surface area contributed by atoms with Gasteiger partial charge in [-0.2, -0.15) is 26.3 Å². The van der Waals surface area contributed by atoms with Crippen LogP contribution >= 0.6 is 0 Å². The Balaban J connectivity index is 1.56. The first-order valence-electron chi connectivity index (χ1n) is 11.9. The quantitative estimate of drug-likeness (QED) is 0.226. The zero-order valence-corrected chi connectivity index (χ0v) is 20.6. The lowest BCUT2D eigenvalue weighted by Gasteiger charge is -2.18. The largest absolute Gasteiger partial charge is 0.481 e. The van der Waals surface area contributed by atoms with Crippen molar-refractivity contribution < 1.29 is 41.0 Å². The van der Waals surface area contributed by atoms with Crippen LogP contribution in [0.3, 0.4) is 0 Å². The summed E-state index contributed by atoms with van der Waals surface area (Å²) in [5.41, 5.74) is -0.760. The fourth-order valence-electron chi connectivity index (χ4n) is 4.14. The number of carbonyl (C=O) groups excluding carboxylic acids is 1. The molecular weight excluding hydrogens is 536 g/mol. The number of halogens is 6. The molecule has 4 aromatic carbocycles. The molecule has 40 heavy (non-hydrogen) atoms. The van der Waals surface area contributed by atoms with Crippen molar-refractivity contribution in [3.05, 3.63) is 119 Å². The van der Waals surface area contributed by atoms with Crippen molar-refractivity contribution in [1.82, 2.24) is 5.32 Å². The Hall–Kier alpha value is -4.60. The summed E-state index contributed by atoms with van der Waals surface area (Å²) in [5.74, 6) is -1.82. The van der Waals surface area contributed by atoms with Gasteiger partial charge in [-0.15, -0.1) is 0 Å². The van der Waals surface area contributed by atoms with Crippen LogP contribution in [0, 0.1) is 0 Å². The molecule has 2 N–H and O–H groups in total. The van der Waals surface area contributed by atoms with Crippen molar-refractivity contribution in [2.75, 3.05) is 0 Å². The Kier molecular flexibility index (Phi) is 7.99. The molecule has 0 aliphatic carbocycles. The topological polar surface area (TPSA) is 66.4 Å². The maximum absolute atomic E-state index is 13.2. The number of hydrogen-bond donors (Lipinski definition) is 2. The van der Waals surface area contributed by atoms with E-state index in [9.17, 15) is 41.0 Å². The normalized spacial score (nSPS) is 12.6. The van der Waals surface area contributed by atoms with E-state index in [1.807, 2.05) is 30.3 Å². The molecule has 1 unspecified atom stereocenters. The minimum atomic E-state index is -4.99. The molecule has 1 atom stereocenters. The Morgan fingerprint density at radius 2 is 1.12 bits per heavy atom. The Labute approximate surface area is 224 Å². The fraction of sp³-hybridized carbons (Fsp3) is 0.133. The minimum Gasteiger partial charge on any atom is -0.481 e. The summed E-state index contributed by atoms with van der Waals surface area (Å²) in [6.07, 6.45) is -10.4. The molecule has 4 rings (SSSR count). The van der Waals surface area contributed by atoms with E-state index in [1.165, 1.54) is 24.3 Å². The van der Waals surface area contributed by atoms with Crippen LogP contribution in [0.5, 0.6) is 0 Å². The maximum Gasteiger partial charge on any atom is 0.416 e. The minimum absolute atomic E-state index is 0.0340. The SMILES string of the molecule is O=C(O)CC(NC(=O)c1ccc(-c2cc(C(F)(F)F)cc(C(F)(F)F)c2)cc1)c1ccc(-c2ccccc2)cc1. The third-order valence-electron chi connectivity index (χ3n) is 6.17. The van der Waals surface area contributed by atoms with Crippen LogP contribution in [0.15, 0.2) is 97.1 Å². The first-order chi connectivity index (χ1) is 18.8. The molecule has 1 amide bonds. The van der Waals surface area contributed by atoms with Crippen LogP contribution in [0.25, 0.3) is 22.3 Å². The zero-order chi connectivity index (χ0) is 29.1. The second-order valence-corrected chi connectivity index (χ2v) is 8.98. The van der Waals surface area contributed by atoms with Gasteiger partial charge in [0.05, 0.1) is 23.6 Å². The average Bonchev–Trinajstić information content (AvgIpc) is 2.92. The first-order valence-corrected chi connectivity index (χ1v) is 11.9. The maximum atomic E-state index is 13.2. The van der Waals surface area contributed by atoms with Crippen molar-refractivity contribution in [2.24, 2.45) is 0 Å². The van der Waals surface area contributed by atoms with Crippen molar-refractivity contribution in [3.8, 4) is 22.3 Å². The summed E-state index contributed by atoms with van der Waals surface area (Å²) in [7, 11) is 0. The third kappa shape index (κ3) is 6.88. The molecule has 0 spiro atoms. The Morgan fingerprint density at radius 3 is 1.62 bits per heavy atom. The van der Waals surface area contributed by atoms with E-state index in [-0.39, 0.29) is 22.8 Å². The van der Waals surface area contributed by atoms with Crippen molar-refractivity contribution in [2.45, 2.75) is 24.8 Å². The number of hydrogen-bond acceptors (Lipinski definition) is 2. The lowest BCUT2D eigenvalue weighted by atomic mass is 9.97. The van der Waals surface area contributed by atoms with E-state index in [4.69, 9.17) is 0 Å². The lowest BCUT2D eigenvalue weighted by molar-refractivity contribution is -0.143. The predicted octanol–water partition coefficient (Wildman–Crippen LogP) is 8.00. The highest BCUT2D eigenvalue weighted by Gasteiger charge is 2.37. The molecular formula is C30H21F6NO3. The molecule has 4 nitrogen and oxygen atoms in total. The Bertz CT molecular complexity index is 1460. The average molecular weight is 557 g/mol. The van der Waals surface area contributed by atoms with Gasteiger partial charge in [-0.05, 0) is 58.1 Å². The highest BCUT2D eigenvalue weighted by atomic mass is 19.4. The van der Waals surface area contributed by atoms with Crippen LogP contribution < -0.4 is 5.32 Å². The summed E-state index contributed by atoms with van der Waals surface area (Å²) >= 11 is 0. The molecule has 0 bridgehead atoms. The summed E-state index contributed by atoms with van der Waals surface area (Å²) < 4.78 is 79.3. The van der Waals surface area contributed by atoms with Gasteiger partial charge in [0.2, 0.25) is 0 Å². The van der Waals surface area contributed by atoms with Gasteiger partial charge in [-0.25, -0.2) is 0 Å². The molecule has 0 saturated heterocycles. The molecule has 0 heterocycles. The van der Waals surface area contributed by atoms with E-state index in [0.717, 1.165) is 11.1 Å². The molecule has 206 valence electrons. The standard InChI is InChI=1S/C30H21F6NO3/c31-29(32,33)24-14-23(15-25(16-24)30(34,35)36)20-8-12-22(13-9-20)28(40)37-26(17-27(38)39)21-10-6-19(7-11-21)18-4-2-1-3-5-18/h1-16,26H,17H2,(H,37,40)(H,38,39). The molecule has 0 saturated carbocycles. The van der Waals surface area contributed by atoms with E-state index in [2.05, 4.69) is 5.32 Å². The van der Waals surface area contributed by atoms with Gasteiger partial charge in [0.25, 0.3) is 5.91 Å². The summed E-state index contributed by atoms with van der Waals surface area (Å²) in [4.78, 5) is 24.4. The van der Waals surface area contributed by atoms with Gasteiger partial charge in [0.1, 0.15) is 0 Å². The highest BCUT2D eigenvalue weighted by Crippen LogP contribution is 2.38. The van der Waals surface area contributed by atoms with E-state index < -0.39 is 47.8 Å². The van der Waals surface area contributed by atoms with Gasteiger partial charge in [0, 0.05) is 5.56 Å². The number of alkyl halides is 6. The number of rotatable bonds is 7. The highest BCUT2D eigenvalue weighted by molar-refractivity contribution is 5.95. The Morgan fingerprint density at radius 1 is 0.650 bits per heavy atom. The zero-order valence-electron chi connectivity index (χ0n) is 20.6. The number of carboxylic acids is 1. The van der Waals surface area contributed by atoms with Crippen LogP contribution in [-0.2, 0) is 17.1 Å². The van der Waals surface area contributed by atoms with Gasteiger partial charge >= 0.3 is 18.3 Å². The van der Waals surface area contributed by atoms with Crippen LogP contribution in [0.4, 0.5) is 26.3 Å². The van der Waals surface area contributed by atoms with Crippen molar-refractivity contribution in [3.63, 3.8) is 0 Å². The van der Waals surface area contributed by atoms with Gasteiger partial charge in [0.15, 0.2) is 0 Å². The molecule has 0 radical (unpaired) electrons. The second kappa shape index (κ2) is 11.3. The molecule has 0 aromatic heterocycles. The van der Waals surface area contributed by atoms with Crippen molar-refractivity contribution >= 4 is 11.9 Å². The van der Waals surface area contributed by atoms with Crippen LogP contribution in [0.1, 0.15) is 39.5 Å².